The van der Waals surface area contributed by atoms with E-state index in [-0.39, 0.29) is 0 Å². The molecular formula is C17H13BrN2O3S. The van der Waals surface area contributed by atoms with Crippen LogP contribution in [0.1, 0.15) is 18.3 Å². The normalized spacial score (nSPS) is 18.9. The third-order valence-corrected chi connectivity index (χ3v) is 5.75. The number of para-hydroxylation sites is 1. The fraction of sp³-hybridized carbons (Fsp3) is 0.176. The molecule has 0 unspecified atom stereocenters. The molecule has 0 amide bonds. The molecule has 2 aromatic carbocycles. The van der Waals surface area contributed by atoms with Gasteiger partial charge < -0.3 is 4.74 Å². The largest absolute Gasteiger partial charge is 0.446 e. The number of ether oxygens (including phenoxy) is 1. The van der Waals surface area contributed by atoms with E-state index in [0.29, 0.717) is 12.4 Å². The number of fused-ring (bicyclic) bond motifs is 3. The number of aromatic nitrogens is 2. The molecule has 0 spiro atoms. The van der Waals surface area contributed by atoms with E-state index in [2.05, 4.69) is 21.1 Å². The average molecular weight is 405 g/mol. The third-order valence-electron chi connectivity index (χ3n) is 3.83. The minimum absolute atomic E-state index is 0.445. The molecule has 1 atom stereocenters. The maximum absolute atomic E-state index is 12.3. The van der Waals surface area contributed by atoms with Gasteiger partial charge in [-0.2, -0.15) is 0 Å². The highest BCUT2D eigenvalue weighted by Gasteiger charge is 2.46. The molecule has 122 valence electrons. The second-order valence-corrected chi connectivity index (χ2v) is 7.37. The fourth-order valence-electron chi connectivity index (χ4n) is 2.84. The van der Waals surface area contributed by atoms with E-state index in [1.807, 2.05) is 55.5 Å². The summed E-state index contributed by atoms with van der Waals surface area (Å²) in [6, 6.07) is 15.5. The molecule has 5 nitrogen and oxygen atoms in total. The van der Waals surface area contributed by atoms with Gasteiger partial charge >= 0.3 is 5.76 Å². The van der Waals surface area contributed by atoms with Crippen molar-refractivity contribution in [1.29, 1.82) is 0 Å². The predicted molar refractivity (Wildman–Crippen MR) is 94.5 cm³/mol. The molecular weight excluding hydrogens is 392 g/mol. The number of hydrogen-bond donors (Lipinski definition) is 0. The van der Waals surface area contributed by atoms with Gasteiger partial charge in [-0.15, -0.1) is 0 Å². The van der Waals surface area contributed by atoms with Crippen molar-refractivity contribution in [2.75, 3.05) is 6.61 Å². The molecule has 0 saturated carbocycles. The van der Waals surface area contributed by atoms with Crippen LogP contribution in [0.3, 0.4) is 0 Å². The standard InChI is InChI=1S/C17H13BrN2O3S/c1-2-22-17(11-7-9-12(18)10-8-11)15-19-23-16(21)20(15)13-5-3-4-6-14(13)24-17/h3-10H,2H2,1H3/t17-/m1/s1. The maximum atomic E-state index is 12.3. The molecule has 0 fully saturated rings. The van der Waals surface area contributed by atoms with Gasteiger partial charge in [0, 0.05) is 21.5 Å². The van der Waals surface area contributed by atoms with Crippen LogP contribution in [-0.2, 0) is 9.67 Å². The Morgan fingerprint density at radius 3 is 2.75 bits per heavy atom. The zero-order chi connectivity index (χ0) is 16.7. The van der Waals surface area contributed by atoms with Crippen molar-refractivity contribution < 1.29 is 9.26 Å². The van der Waals surface area contributed by atoms with Crippen LogP contribution in [0.5, 0.6) is 0 Å². The number of benzene rings is 2. The van der Waals surface area contributed by atoms with Gasteiger partial charge in [-0.05, 0) is 31.2 Å². The summed E-state index contributed by atoms with van der Waals surface area (Å²) in [4.78, 5) is 12.3. The van der Waals surface area contributed by atoms with Gasteiger partial charge in [-0.1, -0.05) is 57.1 Å². The molecule has 0 N–H and O–H groups in total. The molecule has 4 rings (SSSR count). The highest BCUT2D eigenvalue weighted by atomic mass is 79.9. The van der Waals surface area contributed by atoms with Gasteiger partial charge in [-0.3, -0.25) is 4.52 Å². The van der Waals surface area contributed by atoms with Gasteiger partial charge in [-0.25, -0.2) is 9.36 Å². The van der Waals surface area contributed by atoms with Crippen molar-refractivity contribution in [3.05, 3.63) is 74.9 Å². The Morgan fingerprint density at radius 2 is 2.00 bits per heavy atom. The van der Waals surface area contributed by atoms with E-state index < -0.39 is 10.7 Å². The number of hydrogen-bond acceptors (Lipinski definition) is 5. The zero-order valence-corrected chi connectivity index (χ0v) is 15.1. The van der Waals surface area contributed by atoms with Crippen molar-refractivity contribution in [1.82, 2.24) is 9.72 Å². The Labute approximate surface area is 150 Å². The SMILES string of the molecule is CCO[C@]1(c2ccc(Br)cc2)Sc2ccccc2-n2c1noc2=O. The number of thioether (sulfide) groups is 1. The van der Waals surface area contributed by atoms with Crippen LogP contribution in [-0.4, -0.2) is 16.3 Å². The maximum Gasteiger partial charge on any atom is 0.446 e. The average Bonchev–Trinajstić information content (AvgIpc) is 2.99. The van der Waals surface area contributed by atoms with Gasteiger partial charge in [0.2, 0.25) is 10.8 Å². The van der Waals surface area contributed by atoms with Crippen LogP contribution in [0, 0.1) is 0 Å². The zero-order valence-electron chi connectivity index (χ0n) is 12.7. The Bertz CT molecular complexity index is 951. The van der Waals surface area contributed by atoms with Gasteiger partial charge in [0.25, 0.3) is 0 Å². The number of rotatable bonds is 3. The van der Waals surface area contributed by atoms with Crippen LogP contribution in [0.2, 0.25) is 0 Å². The van der Waals surface area contributed by atoms with Gasteiger partial charge in [0.1, 0.15) is 0 Å². The van der Waals surface area contributed by atoms with E-state index in [1.165, 1.54) is 16.3 Å². The molecule has 24 heavy (non-hydrogen) atoms. The summed E-state index contributed by atoms with van der Waals surface area (Å²) in [5.41, 5.74) is 1.66. The first-order valence-corrected chi connectivity index (χ1v) is 9.04. The minimum atomic E-state index is -0.935. The second-order valence-electron chi connectivity index (χ2n) is 5.23. The quantitative estimate of drug-likeness (QED) is 0.661. The molecule has 0 bridgehead atoms. The third kappa shape index (κ3) is 2.27. The first kappa shape index (κ1) is 15.7. The molecule has 3 aromatic rings. The molecule has 1 aliphatic rings. The second kappa shape index (κ2) is 5.91. The summed E-state index contributed by atoms with van der Waals surface area (Å²) < 4.78 is 13.6. The smallest absolute Gasteiger partial charge is 0.353 e. The summed E-state index contributed by atoms with van der Waals surface area (Å²) in [5.74, 6) is -0.0701. The summed E-state index contributed by atoms with van der Waals surface area (Å²) >= 11 is 4.97. The van der Waals surface area contributed by atoms with Crippen molar-refractivity contribution in [2.45, 2.75) is 16.8 Å². The van der Waals surface area contributed by atoms with Crippen molar-refractivity contribution in [3.8, 4) is 5.69 Å². The van der Waals surface area contributed by atoms with Crippen molar-refractivity contribution in [2.24, 2.45) is 0 Å². The summed E-state index contributed by atoms with van der Waals surface area (Å²) in [6.07, 6.45) is 0. The lowest BCUT2D eigenvalue weighted by molar-refractivity contribution is 0.0518. The number of halogens is 1. The van der Waals surface area contributed by atoms with E-state index >= 15 is 0 Å². The van der Waals surface area contributed by atoms with Crippen LogP contribution < -0.4 is 5.76 Å². The Hall–Kier alpha value is -1.83. The fourth-order valence-corrected chi connectivity index (χ4v) is 4.47. The van der Waals surface area contributed by atoms with Gasteiger partial charge in [0.15, 0.2) is 0 Å². The first-order valence-electron chi connectivity index (χ1n) is 7.43. The first-order chi connectivity index (χ1) is 11.7. The van der Waals surface area contributed by atoms with Crippen LogP contribution >= 0.6 is 27.7 Å². The molecule has 0 aliphatic carbocycles. The Balaban J connectivity index is 2.02. The van der Waals surface area contributed by atoms with E-state index in [1.54, 1.807) is 0 Å². The topological polar surface area (TPSA) is 57.3 Å². The molecule has 1 aromatic heterocycles. The number of nitrogens with zero attached hydrogens (tertiary/aromatic N) is 2. The Morgan fingerprint density at radius 1 is 1.25 bits per heavy atom. The Kier molecular flexibility index (Phi) is 3.86. The van der Waals surface area contributed by atoms with E-state index in [0.717, 1.165) is 20.6 Å². The molecule has 0 saturated heterocycles. The summed E-state index contributed by atoms with van der Waals surface area (Å²) in [7, 11) is 0. The van der Waals surface area contributed by atoms with Crippen LogP contribution in [0.25, 0.3) is 5.69 Å². The molecule has 1 aliphatic heterocycles. The van der Waals surface area contributed by atoms with Gasteiger partial charge in [0.05, 0.1) is 5.69 Å². The van der Waals surface area contributed by atoms with Crippen molar-refractivity contribution >= 4 is 27.7 Å². The highest BCUT2D eigenvalue weighted by molar-refractivity contribution is 9.10. The van der Waals surface area contributed by atoms with E-state index in [9.17, 15) is 4.79 Å². The van der Waals surface area contributed by atoms with Crippen LogP contribution in [0.4, 0.5) is 0 Å². The lowest BCUT2D eigenvalue weighted by atomic mass is 10.1. The predicted octanol–water partition coefficient (Wildman–Crippen LogP) is 3.93. The monoisotopic (exact) mass is 404 g/mol. The molecule has 7 heteroatoms. The molecule has 0 radical (unpaired) electrons. The molecule has 2 heterocycles. The summed E-state index contributed by atoms with van der Waals surface area (Å²) in [5, 5.41) is 4.04. The highest BCUT2D eigenvalue weighted by Crippen LogP contribution is 2.51. The lowest BCUT2D eigenvalue weighted by Crippen LogP contribution is -2.36. The minimum Gasteiger partial charge on any atom is -0.353 e. The lowest BCUT2D eigenvalue weighted by Gasteiger charge is -2.35. The summed E-state index contributed by atoms with van der Waals surface area (Å²) in [6.45, 7) is 2.39. The van der Waals surface area contributed by atoms with Crippen LogP contribution in [0.15, 0.2) is 67.2 Å². The van der Waals surface area contributed by atoms with E-state index in [4.69, 9.17) is 9.26 Å². The van der Waals surface area contributed by atoms with Crippen molar-refractivity contribution in [3.63, 3.8) is 0 Å².